The summed E-state index contributed by atoms with van der Waals surface area (Å²) in [7, 11) is 0. The lowest BCUT2D eigenvalue weighted by Gasteiger charge is -1.92. The molecule has 0 aromatic carbocycles. The summed E-state index contributed by atoms with van der Waals surface area (Å²) in [5.74, 6) is 0. The number of thiol groups is 1. The van der Waals surface area contributed by atoms with Gasteiger partial charge in [0.2, 0.25) is 0 Å². The fourth-order valence-electron chi connectivity index (χ4n) is 1.55. The van der Waals surface area contributed by atoms with E-state index in [1.165, 1.54) is 11.3 Å². The third kappa shape index (κ3) is 2.26. The standard InChI is InChI=1S/C11H7N3S4/c12-5-1-2-6-7(3-5)17-9(13-6)4-8-10(15)14-11(16)18-8/h1-4,12,15H,(H,14,16). The van der Waals surface area contributed by atoms with E-state index in [9.17, 15) is 0 Å². The largest absolute Gasteiger partial charge is 0.332 e. The van der Waals surface area contributed by atoms with Gasteiger partial charge in [-0.2, -0.15) is 0 Å². The van der Waals surface area contributed by atoms with Crippen LogP contribution in [0, 0.1) is 9.36 Å². The van der Waals surface area contributed by atoms with Crippen LogP contribution in [0.2, 0.25) is 0 Å². The first-order valence-corrected chi connectivity index (χ1v) is 7.50. The molecular formula is C11H7N3S4. The highest BCUT2D eigenvalue weighted by Crippen LogP contribution is 2.19. The third-order valence-electron chi connectivity index (χ3n) is 2.32. The predicted molar refractivity (Wildman–Crippen MR) is 82.9 cm³/mol. The molecule has 1 aliphatic rings. The lowest BCUT2D eigenvalue weighted by Crippen LogP contribution is -2.05. The van der Waals surface area contributed by atoms with Crippen molar-refractivity contribution in [3.8, 4) is 0 Å². The number of fused-ring (bicyclic) bond motifs is 1. The van der Waals surface area contributed by atoms with Gasteiger partial charge in [-0.05, 0) is 36.5 Å². The normalized spacial score (nSPS) is 14.7. The molecule has 1 aliphatic carbocycles. The maximum Gasteiger partial charge on any atom is 0.159 e. The molecule has 0 spiro atoms. The smallest absolute Gasteiger partial charge is 0.159 e. The fraction of sp³-hybridized carbons (Fsp3) is 0. The summed E-state index contributed by atoms with van der Waals surface area (Å²) in [4.78, 5) is 8.47. The lowest BCUT2D eigenvalue weighted by atomic mass is 10.2. The van der Waals surface area contributed by atoms with Gasteiger partial charge in [-0.3, -0.25) is 0 Å². The molecule has 0 atom stereocenters. The Morgan fingerprint density at radius 2 is 2.22 bits per heavy atom. The molecule has 90 valence electrons. The summed E-state index contributed by atoms with van der Waals surface area (Å²) in [5, 5.41) is 8.35. The molecule has 3 nitrogen and oxygen atoms in total. The van der Waals surface area contributed by atoms with Gasteiger partial charge in [-0.1, -0.05) is 0 Å². The van der Waals surface area contributed by atoms with Crippen molar-refractivity contribution in [1.82, 2.24) is 9.97 Å². The first-order valence-electron chi connectivity index (χ1n) is 5.01. The minimum Gasteiger partial charge on any atom is -0.332 e. The van der Waals surface area contributed by atoms with Crippen LogP contribution in [0.4, 0.5) is 0 Å². The number of allylic oxidation sites excluding steroid dienone is 1. The Hall–Kier alpha value is -1.02. The summed E-state index contributed by atoms with van der Waals surface area (Å²) >= 11 is 12.4. The minimum atomic E-state index is 0.505. The number of hydrogen-bond acceptors (Lipinski definition) is 6. The molecule has 2 heterocycles. The maximum absolute atomic E-state index is 7.58. The van der Waals surface area contributed by atoms with Crippen molar-refractivity contribution in [2.75, 3.05) is 0 Å². The molecule has 0 unspecified atom stereocenters. The second kappa shape index (κ2) is 4.58. The maximum atomic E-state index is 7.58. The molecule has 7 heteroatoms. The Kier molecular flexibility index (Phi) is 3.06. The van der Waals surface area contributed by atoms with E-state index in [1.807, 2.05) is 18.2 Å². The molecule has 2 aromatic rings. The first-order chi connectivity index (χ1) is 8.61. The average Bonchev–Trinajstić information content (AvgIpc) is 2.82. The molecule has 0 saturated carbocycles. The average molecular weight is 309 g/mol. The van der Waals surface area contributed by atoms with Crippen LogP contribution in [0.25, 0.3) is 18.2 Å². The van der Waals surface area contributed by atoms with Crippen LogP contribution in [0.1, 0.15) is 10.6 Å². The molecular weight excluding hydrogens is 302 g/mol. The highest BCUT2D eigenvalue weighted by molar-refractivity contribution is 7.80. The van der Waals surface area contributed by atoms with E-state index in [0.717, 1.165) is 24.8 Å². The Bertz CT molecular complexity index is 835. The Labute approximate surface area is 121 Å². The zero-order valence-electron chi connectivity index (χ0n) is 8.93. The number of aromatic amines is 1. The summed E-state index contributed by atoms with van der Waals surface area (Å²) < 4.78 is 2.63. The van der Waals surface area contributed by atoms with E-state index >= 15 is 0 Å². The second-order valence-electron chi connectivity index (χ2n) is 3.61. The zero-order valence-corrected chi connectivity index (χ0v) is 12.3. The monoisotopic (exact) mass is 309 g/mol. The van der Waals surface area contributed by atoms with Gasteiger partial charge in [0.25, 0.3) is 0 Å². The summed E-state index contributed by atoms with van der Waals surface area (Å²) in [6.07, 6.45) is 7.40. The van der Waals surface area contributed by atoms with Crippen molar-refractivity contribution in [1.29, 1.82) is 5.41 Å². The Balaban J connectivity index is 2.18. The van der Waals surface area contributed by atoms with Gasteiger partial charge in [-0.25, -0.2) is 4.98 Å². The first kappa shape index (κ1) is 12.0. The van der Waals surface area contributed by atoms with Gasteiger partial charge in [0.05, 0.1) is 25.8 Å². The quantitative estimate of drug-likeness (QED) is 0.559. The fourth-order valence-corrected chi connectivity index (χ4v) is 4.08. The molecule has 0 fully saturated rings. The number of rotatable bonds is 1. The van der Waals surface area contributed by atoms with E-state index in [-0.39, 0.29) is 0 Å². The van der Waals surface area contributed by atoms with Crippen LogP contribution in [0.5, 0.6) is 0 Å². The van der Waals surface area contributed by atoms with E-state index in [2.05, 4.69) is 22.6 Å². The van der Waals surface area contributed by atoms with Crippen LogP contribution >= 0.6 is 47.5 Å². The molecule has 3 rings (SSSR count). The predicted octanol–water partition coefficient (Wildman–Crippen LogP) is 2.21. The van der Waals surface area contributed by atoms with Gasteiger partial charge in [0.1, 0.15) is 4.66 Å². The van der Waals surface area contributed by atoms with Crippen molar-refractivity contribution in [2.45, 2.75) is 5.03 Å². The summed E-state index contributed by atoms with van der Waals surface area (Å²) in [6.45, 7) is 0. The molecule has 0 saturated heterocycles. The number of thiazole rings is 2. The SMILES string of the molecule is N=C1C=Cc2nc(=Cc3sc(=S)[nH]c3S)sc2=C1. The van der Waals surface area contributed by atoms with Crippen LogP contribution in [-0.4, -0.2) is 15.7 Å². The molecule has 0 aliphatic heterocycles. The van der Waals surface area contributed by atoms with Gasteiger partial charge in [-0.15, -0.1) is 35.3 Å². The second-order valence-corrected chi connectivity index (χ2v) is 6.83. The minimum absolute atomic E-state index is 0.505. The molecule has 0 amide bonds. The van der Waals surface area contributed by atoms with Crippen molar-refractivity contribution >= 4 is 71.5 Å². The van der Waals surface area contributed by atoms with Crippen LogP contribution in [0.3, 0.4) is 0 Å². The van der Waals surface area contributed by atoms with E-state index in [1.54, 1.807) is 17.4 Å². The molecule has 0 radical (unpaired) electrons. The third-order valence-corrected chi connectivity index (χ3v) is 4.97. The van der Waals surface area contributed by atoms with Crippen LogP contribution < -0.4 is 9.20 Å². The highest BCUT2D eigenvalue weighted by Gasteiger charge is 2.05. The zero-order chi connectivity index (χ0) is 12.7. The van der Waals surface area contributed by atoms with Crippen LogP contribution in [-0.2, 0) is 0 Å². The van der Waals surface area contributed by atoms with E-state index in [0.29, 0.717) is 9.67 Å². The van der Waals surface area contributed by atoms with Crippen molar-refractivity contribution < 1.29 is 0 Å². The molecule has 2 aromatic heterocycles. The number of nitrogens with zero attached hydrogens (tertiary/aromatic N) is 1. The van der Waals surface area contributed by atoms with Gasteiger partial charge >= 0.3 is 0 Å². The lowest BCUT2D eigenvalue weighted by molar-refractivity contribution is 1.19. The van der Waals surface area contributed by atoms with Crippen molar-refractivity contribution in [3.05, 3.63) is 29.8 Å². The molecule has 0 bridgehead atoms. The van der Waals surface area contributed by atoms with E-state index < -0.39 is 0 Å². The van der Waals surface area contributed by atoms with Crippen LogP contribution in [0.15, 0.2) is 11.1 Å². The van der Waals surface area contributed by atoms with Crippen molar-refractivity contribution in [2.24, 2.45) is 0 Å². The topological polar surface area (TPSA) is 52.5 Å². The Morgan fingerprint density at radius 1 is 1.39 bits per heavy atom. The summed E-state index contributed by atoms with van der Waals surface area (Å²) in [6, 6.07) is 0. The highest BCUT2D eigenvalue weighted by atomic mass is 32.1. The summed E-state index contributed by atoms with van der Waals surface area (Å²) in [5.41, 5.74) is 1.42. The van der Waals surface area contributed by atoms with E-state index in [4.69, 9.17) is 17.6 Å². The van der Waals surface area contributed by atoms with Gasteiger partial charge in [0, 0.05) is 0 Å². The molecule has 18 heavy (non-hydrogen) atoms. The number of aromatic nitrogens is 2. The molecule has 2 N–H and O–H groups in total. The number of hydrogen-bond donors (Lipinski definition) is 3. The van der Waals surface area contributed by atoms with Crippen molar-refractivity contribution in [3.63, 3.8) is 0 Å². The Morgan fingerprint density at radius 3 is 2.94 bits per heavy atom. The number of H-pyrrole nitrogens is 1. The van der Waals surface area contributed by atoms with Gasteiger partial charge < -0.3 is 10.4 Å². The number of nitrogens with one attached hydrogen (secondary N) is 2. The van der Waals surface area contributed by atoms with Gasteiger partial charge in [0.15, 0.2) is 3.95 Å².